The average molecular weight is 689 g/mol. The van der Waals surface area contributed by atoms with Gasteiger partial charge in [-0.1, -0.05) is 60.1 Å². The molecule has 0 saturated heterocycles. The van der Waals surface area contributed by atoms with E-state index in [4.69, 9.17) is 35.3 Å². The van der Waals surface area contributed by atoms with Crippen molar-refractivity contribution >= 4 is 40.6 Å². The lowest BCUT2D eigenvalue weighted by Gasteiger charge is -2.28. The van der Waals surface area contributed by atoms with Gasteiger partial charge in [0, 0.05) is 5.70 Å². The predicted molar refractivity (Wildman–Crippen MR) is 185 cm³/mol. The van der Waals surface area contributed by atoms with Gasteiger partial charge in [-0.3, -0.25) is 5.43 Å². The number of hydrogen-bond acceptors (Lipinski definition) is 10. The van der Waals surface area contributed by atoms with Crippen molar-refractivity contribution in [2.45, 2.75) is 32.7 Å². The Labute approximate surface area is 288 Å². The van der Waals surface area contributed by atoms with Crippen LogP contribution in [-0.4, -0.2) is 57.0 Å². The van der Waals surface area contributed by atoms with Crippen LogP contribution in [0.2, 0.25) is 5.02 Å². The number of amides is 2. The third-order valence-electron chi connectivity index (χ3n) is 7.61. The summed E-state index contributed by atoms with van der Waals surface area (Å²) in [6.45, 7) is 3.87. The number of carbonyl (C=O) groups is 2. The van der Waals surface area contributed by atoms with Gasteiger partial charge in [-0.15, -0.1) is 0 Å². The van der Waals surface area contributed by atoms with E-state index in [1.54, 1.807) is 37.3 Å². The number of aliphatic hydroxyl groups is 1. The molecule has 0 radical (unpaired) electrons. The molecule has 4 N–H and O–H groups in total. The quantitative estimate of drug-likeness (QED) is 0.0575. The van der Waals surface area contributed by atoms with Gasteiger partial charge in [0.05, 0.1) is 43.7 Å². The SMILES string of the molecule is CCOc1cc([C@H]2NC(=O)NC(C)=C2C(=O)OC)ccc1OC[C@H](O)N/N=C\c1cc(Cl)c(OCc2cccc3ccccc23)c(OC)c1. The smallest absolute Gasteiger partial charge is 0.337 e. The molecule has 256 valence electrons. The number of methoxy groups -OCH3 is 2. The molecule has 1 aliphatic heterocycles. The first-order chi connectivity index (χ1) is 23.7. The molecular formula is C36H37ClN4O8. The highest BCUT2D eigenvalue weighted by Crippen LogP contribution is 2.37. The molecule has 49 heavy (non-hydrogen) atoms. The molecule has 1 aliphatic rings. The number of rotatable bonds is 14. The predicted octanol–water partition coefficient (Wildman–Crippen LogP) is 5.60. The summed E-state index contributed by atoms with van der Waals surface area (Å²) in [5.41, 5.74) is 5.46. The molecule has 2 amide bonds. The number of carbonyl (C=O) groups excluding carboxylic acids is 2. The van der Waals surface area contributed by atoms with E-state index in [-0.39, 0.29) is 12.2 Å². The van der Waals surface area contributed by atoms with E-state index in [0.717, 1.165) is 16.3 Å². The Balaban J connectivity index is 1.21. The zero-order valence-corrected chi connectivity index (χ0v) is 28.2. The first kappa shape index (κ1) is 34.9. The maximum atomic E-state index is 12.5. The summed E-state index contributed by atoms with van der Waals surface area (Å²) in [5, 5.41) is 22.5. The second-order valence-electron chi connectivity index (χ2n) is 10.9. The summed E-state index contributed by atoms with van der Waals surface area (Å²) < 4.78 is 28.2. The Morgan fingerprint density at radius 2 is 1.82 bits per heavy atom. The van der Waals surface area contributed by atoms with E-state index < -0.39 is 24.3 Å². The van der Waals surface area contributed by atoms with Crippen LogP contribution in [0.25, 0.3) is 10.8 Å². The number of benzene rings is 4. The molecule has 0 unspecified atom stereocenters. The average Bonchev–Trinajstić information content (AvgIpc) is 3.10. The second-order valence-corrected chi connectivity index (χ2v) is 11.3. The number of halogens is 1. The molecule has 4 aromatic carbocycles. The summed E-state index contributed by atoms with van der Waals surface area (Å²) in [7, 11) is 2.80. The summed E-state index contributed by atoms with van der Waals surface area (Å²) in [4.78, 5) is 24.7. The zero-order valence-electron chi connectivity index (χ0n) is 27.4. The van der Waals surface area contributed by atoms with Crippen LogP contribution in [0.1, 0.15) is 36.6 Å². The standard InChI is InChI=1S/C36H37ClN4O8/c1-5-47-29-17-24(33-32(35(43)46-4)21(2)39-36(44)40-33)13-14-28(29)48-20-31(42)41-38-18-22-15-27(37)34(30(16-22)45-3)49-19-25-11-8-10-23-9-6-7-12-26(23)25/h6-18,31,33,41-42H,5,19-20H2,1-4H3,(H2,39,40,44)/b38-18-/t31-,33+/m0/s1. The first-order valence-electron chi connectivity index (χ1n) is 15.4. The van der Waals surface area contributed by atoms with Gasteiger partial charge in [0.25, 0.3) is 0 Å². The van der Waals surface area contributed by atoms with Crippen LogP contribution in [-0.2, 0) is 16.1 Å². The molecule has 12 nitrogen and oxygen atoms in total. The Morgan fingerprint density at radius 1 is 1.02 bits per heavy atom. The van der Waals surface area contributed by atoms with Gasteiger partial charge >= 0.3 is 12.0 Å². The van der Waals surface area contributed by atoms with Crippen molar-refractivity contribution in [3.8, 4) is 23.0 Å². The van der Waals surface area contributed by atoms with Crippen LogP contribution in [0.3, 0.4) is 0 Å². The van der Waals surface area contributed by atoms with Crippen LogP contribution >= 0.6 is 11.6 Å². The van der Waals surface area contributed by atoms with Gasteiger partial charge in [0.1, 0.15) is 13.2 Å². The number of allylic oxidation sites excluding steroid dienone is 1. The number of esters is 1. The monoisotopic (exact) mass is 688 g/mol. The Hall–Kier alpha value is -5.46. The molecule has 13 heteroatoms. The zero-order chi connectivity index (χ0) is 34.9. The number of ether oxygens (including phenoxy) is 5. The molecule has 4 aromatic rings. The van der Waals surface area contributed by atoms with Crippen molar-refractivity contribution in [2.24, 2.45) is 5.10 Å². The lowest BCUT2D eigenvalue weighted by molar-refractivity contribution is -0.136. The minimum atomic E-state index is -1.19. The third-order valence-corrected chi connectivity index (χ3v) is 7.89. The first-order valence-corrected chi connectivity index (χ1v) is 15.8. The molecule has 0 aliphatic carbocycles. The van der Waals surface area contributed by atoms with E-state index in [0.29, 0.717) is 58.1 Å². The van der Waals surface area contributed by atoms with E-state index in [2.05, 4.69) is 21.2 Å². The molecule has 0 spiro atoms. The molecule has 0 bridgehead atoms. The van der Waals surface area contributed by atoms with Gasteiger partial charge in [-0.25, -0.2) is 9.59 Å². The number of aliphatic hydroxyl groups excluding tert-OH is 1. The topological polar surface area (TPSA) is 149 Å². The summed E-state index contributed by atoms with van der Waals surface area (Å²) >= 11 is 6.59. The van der Waals surface area contributed by atoms with Gasteiger partial charge in [0.2, 0.25) is 0 Å². The highest BCUT2D eigenvalue weighted by Gasteiger charge is 2.32. The maximum absolute atomic E-state index is 12.5. The lowest BCUT2D eigenvalue weighted by Crippen LogP contribution is -2.45. The maximum Gasteiger partial charge on any atom is 0.337 e. The molecule has 0 fully saturated rings. The normalized spacial score (nSPS) is 15.0. The van der Waals surface area contributed by atoms with Gasteiger partial charge in [-0.2, -0.15) is 5.10 Å². The van der Waals surface area contributed by atoms with Crippen molar-refractivity contribution in [2.75, 3.05) is 27.4 Å². The Morgan fingerprint density at radius 3 is 2.59 bits per heavy atom. The minimum absolute atomic E-state index is 0.182. The van der Waals surface area contributed by atoms with Crippen molar-refractivity contribution in [1.29, 1.82) is 0 Å². The molecule has 2 atom stereocenters. The number of fused-ring (bicyclic) bond motifs is 1. The van der Waals surface area contributed by atoms with Crippen LogP contribution < -0.4 is 35.0 Å². The van der Waals surface area contributed by atoms with Crippen LogP contribution in [0.5, 0.6) is 23.0 Å². The number of urea groups is 1. The number of nitrogens with zero attached hydrogens (tertiary/aromatic N) is 1. The van der Waals surface area contributed by atoms with Gasteiger partial charge in [0.15, 0.2) is 29.2 Å². The van der Waals surface area contributed by atoms with Gasteiger partial charge in [-0.05, 0) is 65.6 Å². The lowest BCUT2D eigenvalue weighted by atomic mass is 9.95. The van der Waals surface area contributed by atoms with E-state index >= 15 is 0 Å². The summed E-state index contributed by atoms with van der Waals surface area (Å²) in [6.07, 6.45) is 0.292. The largest absolute Gasteiger partial charge is 0.493 e. The minimum Gasteiger partial charge on any atom is -0.493 e. The molecule has 5 rings (SSSR count). The van der Waals surface area contributed by atoms with E-state index in [9.17, 15) is 14.7 Å². The number of hydrogen-bond donors (Lipinski definition) is 4. The van der Waals surface area contributed by atoms with Crippen molar-refractivity contribution < 1.29 is 38.4 Å². The van der Waals surface area contributed by atoms with Crippen LogP contribution in [0.15, 0.2) is 89.2 Å². The summed E-state index contributed by atoms with van der Waals surface area (Å²) in [6, 6.07) is 21.3. The van der Waals surface area contributed by atoms with Crippen LogP contribution in [0.4, 0.5) is 4.79 Å². The fourth-order valence-electron chi connectivity index (χ4n) is 5.34. The third kappa shape index (κ3) is 8.34. The van der Waals surface area contributed by atoms with Crippen molar-refractivity contribution in [3.63, 3.8) is 0 Å². The molecular weight excluding hydrogens is 652 g/mol. The second kappa shape index (κ2) is 16.1. The highest BCUT2D eigenvalue weighted by molar-refractivity contribution is 6.32. The van der Waals surface area contributed by atoms with Crippen molar-refractivity contribution in [3.05, 3.63) is 106 Å². The molecule has 0 aromatic heterocycles. The van der Waals surface area contributed by atoms with Gasteiger partial charge < -0.3 is 39.4 Å². The Bertz CT molecular complexity index is 1890. The Kier molecular flexibility index (Phi) is 11.4. The van der Waals surface area contributed by atoms with Crippen molar-refractivity contribution in [1.82, 2.24) is 16.1 Å². The van der Waals surface area contributed by atoms with E-state index in [1.807, 2.05) is 49.4 Å². The molecule has 0 saturated carbocycles. The van der Waals surface area contributed by atoms with E-state index in [1.165, 1.54) is 20.4 Å². The number of nitrogens with one attached hydrogen (secondary N) is 3. The summed E-state index contributed by atoms with van der Waals surface area (Å²) in [5.74, 6) is 0.951. The molecule has 1 heterocycles. The fourth-order valence-corrected chi connectivity index (χ4v) is 5.62. The van der Waals surface area contributed by atoms with Crippen LogP contribution in [0, 0.1) is 0 Å². The fraction of sp³-hybridized carbons (Fsp3) is 0.250. The highest BCUT2D eigenvalue weighted by atomic mass is 35.5. The number of hydrazone groups is 1.